The fraction of sp³-hybridized carbons (Fsp3) is 0.105. The van der Waals surface area contributed by atoms with Crippen LogP contribution in [0.4, 0.5) is 11.4 Å². The molecule has 0 atom stereocenters. The fourth-order valence-corrected chi connectivity index (χ4v) is 2.39. The Kier molecular flexibility index (Phi) is 10.5. The summed E-state index contributed by atoms with van der Waals surface area (Å²) in [6.45, 7) is 1.05. The summed E-state index contributed by atoms with van der Waals surface area (Å²) in [5.74, 6) is 0. The van der Waals surface area contributed by atoms with Crippen molar-refractivity contribution in [2.75, 3.05) is 0 Å². The van der Waals surface area contributed by atoms with Gasteiger partial charge in [0.25, 0.3) is 0 Å². The van der Waals surface area contributed by atoms with E-state index in [1.54, 1.807) is 0 Å². The average Bonchev–Trinajstić information content (AvgIpc) is 2.68. The summed E-state index contributed by atoms with van der Waals surface area (Å²) >= 11 is 10.9. The van der Waals surface area contributed by atoms with Gasteiger partial charge in [-0.05, 0) is 36.4 Å². The van der Waals surface area contributed by atoms with Crippen molar-refractivity contribution < 1.29 is 20.8 Å². The molecule has 3 nitrogen and oxygen atoms in total. The molecule has 0 fully saturated rings. The molecule has 2 aromatic carbocycles. The average molecular weight is 518 g/mol. The standard InChI is InChI=1S/C19H15Cl2N3.2ClH.Zr/c20-14-4-8-16(9-5-14)22-12-18-2-1-3-19(24-18)13-23-17-10-6-15(21)7-11-17;;;/h1-11H,12-13H2;2*1H;/q-2;;;+4/p-2. The molecule has 27 heavy (non-hydrogen) atoms. The van der Waals surface area contributed by atoms with Gasteiger partial charge in [0.1, 0.15) is 0 Å². The van der Waals surface area contributed by atoms with Crippen LogP contribution in [-0.4, -0.2) is 4.98 Å². The molecule has 0 unspecified atom stereocenters. The summed E-state index contributed by atoms with van der Waals surface area (Å²) in [5, 5.41) is 10.5. The molecule has 0 saturated carbocycles. The Morgan fingerprint density at radius 1 is 0.667 bits per heavy atom. The molecule has 8 heteroatoms. The van der Waals surface area contributed by atoms with Gasteiger partial charge < -0.3 is 10.6 Å². The van der Waals surface area contributed by atoms with Gasteiger partial charge in [-0.3, -0.25) is 4.98 Å². The van der Waals surface area contributed by atoms with Gasteiger partial charge in [-0.1, -0.05) is 66.6 Å². The van der Waals surface area contributed by atoms with Gasteiger partial charge in [0.2, 0.25) is 0 Å². The van der Waals surface area contributed by atoms with Gasteiger partial charge in [0.05, 0.1) is 0 Å². The van der Waals surface area contributed by atoms with Crippen LogP contribution in [0.3, 0.4) is 0 Å². The Hall–Kier alpha value is -0.767. The van der Waals surface area contributed by atoms with E-state index in [2.05, 4.69) is 15.6 Å². The Bertz CT molecular complexity index is 749. The van der Waals surface area contributed by atoms with Crippen molar-refractivity contribution in [3.8, 4) is 0 Å². The first kappa shape index (κ1) is 22.5. The summed E-state index contributed by atoms with van der Waals surface area (Å²) in [4.78, 5) is 4.60. The Labute approximate surface area is 188 Å². The van der Waals surface area contributed by atoms with Crippen molar-refractivity contribution in [2.24, 2.45) is 0 Å². The second-order valence-electron chi connectivity index (χ2n) is 5.28. The van der Waals surface area contributed by atoms with Crippen LogP contribution in [0.5, 0.6) is 0 Å². The van der Waals surface area contributed by atoms with Crippen molar-refractivity contribution in [3.63, 3.8) is 0 Å². The first-order valence-corrected chi connectivity index (χ1v) is 15.0. The zero-order chi connectivity index (χ0) is 19.5. The van der Waals surface area contributed by atoms with Crippen molar-refractivity contribution in [1.29, 1.82) is 0 Å². The van der Waals surface area contributed by atoms with Crippen LogP contribution in [0.2, 0.25) is 10.0 Å². The summed E-state index contributed by atoms with van der Waals surface area (Å²) < 4.78 is 0. The van der Waals surface area contributed by atoms with Gasteiger partial charge >= 0.3 is 37.9 Å². The van der Waals surface area contributed by atoms with E-state index in [1.807, 2.05) is 66.7 Å². The van der Waals surface area contributed by atoms with Crippen LogP contribution in [0.1, 0.15) is 11.4 Å². The molecule has 0 saturated heterocycles. The minimum atomic E-state index is -0.826. The van der Waals surface area contributed by atoms with Crippen molar-refractivity contribution >= 4 is 51.6 Å². The van der Waals surface area contributed by atoms with Crippen LogP contribution in [0.25, 0.3) is 10.6 Å². The topological polar surface area (TPSA) is 41.1 Å². The maximum absolute atomic E-state index is 5.87. The van der Waals surface area contributed by atoms with E-state index in [9.17, 15) is 0 Å². The third-order valence-electron chi connectivity index (χ3n) is 3.36. The zero-order valence-corrected chi connectivity index (χ0v) is 19.6. The number of nitrogens with zero attached hydrogens (tertiary/aromatic N) is 3. The van der Waals surface area contributed by atoms with Crippen LogP contribution in [0, 0.1) is 0 Å². The second-order valence-corrected chi connectivity index (χ2v) is 9.88. The van der Waals surface area contributed by atoms with Gasteiger partial charge in [-0.25, -0.2) is 0 Å². The first-order chi connectivity index (χ1) is 13.1. The molecule has 0 N–H and O–H groups in total. The molecular formula is C19H15Cl4N3Zr. The molecule has 0 amide bonds. The normalized spacial score (nSPS) is 9.63. The van der Waals surface area contributed by atoms with Gasteiger partial charge in [0.15, 0.2) is 0 Å². The molecule has 138 valence electrons. The summed E-state index contributed by atoms with van der Waals surface area (Å²) in [5.41, 5.74) is 3.59. The number of aromatic nitrogens is 1. The molecule has 0 spiro atoms. The monoisotopic (exact) mass is 515 g/mol. The van der Waals surface area contributed by atoms with E-state index < -0.39 is 20.8 Å². The van der Waals surface area contributed by atoms with E-state index in [1.165, 1.54) is 0 Å². The van der Waals surface area contributed by atoms with E-state index in [4.69, 9.17) is 40.2 Å². The quantitative estimate of drug-likeness (QED) is 0.325. The Balaban J connectivity index is 0.000000817. The van der Waals surface area contributed by atoms with Gasteiger partial charge in [0, 0.05) is 21.4 Å². The van der Waals surface area contributed by atoms with Crippen molar-refractivity contribution in [3.05, 3.63) is 98.8 Å². The molecule has 3 aromatic rings. The first-order valence-electron chi connectivity index (χ1n) is 7.88. The third kappa shape index (κ3) is 8.85. The predicted octanol–water partition coefficient (Wildman–Crippen LogP) is 8.18. The molecule has 0 aliphatic rings. The number of pyridine rings is 1. The molecule has 0 aliphatic carbocycles. The number of hydrogen-bond acceptors (Lipinski definition) is 1. The van der Waals surface area contributed by atoms with E-state index in [0.29, 0.717) is 23.1 Å². The SMILES string of the molecule is Clc1ccc([N-]Cc2cccc(C[N-]c3ccc(Cl)cc3)n2)cc1.[Cl][Zr+2][Cl]. The summed E-state index contributed by atoms with van der Waals surface area (Å²) in [6, 6.07) is 20.8. The number of rotatable bonds is 6. The maximum atomic E-state index is 5.87. The molecule has 0 bridgehead atoms. The minimum absolute atomic E-state index is 0.524. The molecule has 1 aromatic heterocycles. The zero-order valence-electron chi connectivity index (χ0n) is 14.1. The van der Waals surface area contributed by atoms with Crippen LogP contribution < -0.4 is 0 Å². The molecule has 0 radical (unpaired) electrons. The van der Waals surface area contributed by atoms with E-state index in [-0.39, 0.29) is 0 Å². The number of benzene rings is 2. The van der Waals surface area contributed by atoms with E-state index in [0.717, 1.165) is 22.8 Å². The predicted molar refractivity (Wildman–Crippen MR) is 112 cm³/mol. The third-order valence-corrected chi connectivity index (χ3v) is 3.87. The molecular weight excluding hydrogens is 503 g/mol. The summed E-state index contributed by atoms with van der Waals surface area (Å²) in [6.07, 6.45) is 0. The molecule has 0 aliphatic heterocycles. The Morgan fingerprint density at radius 2 is 1.04 bits per heavy atom. The van der Waals surface area contributed by atoms with Crippen LogP contribution in [-0.2, 0) is 33.9 Å². The second kappa shape index (κ2) is 12.6. The Morgan fingerprint density at radius 3 is 1.41 bits per heavy atom. The van der Waals surface area contributed by atoms with Crippen LogP contribution >= 0.6 is 40.2 Å². The van der Waals surface area contributed by atoms with Crippen LogP contribution in [0.15, 0.2) is 66.7 Å². The fourth-order valence-electron chi connectivity index (χ4n) is 2.14. The van der Waals surface area contributed by atoms with Gasteiger partial charge in [-0.15, -0.1) is 11.4 Å². The molecule has 3 rings (SSSR count). The molecule has 1 heterocycles. The number of halogens is 4. The number of hydrogen-bond donors (Lipinski definition) is 0. The van der Waals surface area contributed by atoms with Crippen molar-refractivity contribution in [2.45, 2.75) is 13.1 Å². The van der Waals surface area contributed by atoms with Gasteiger partial charge in [-0.2, -0.15) is 0 Å². The summed E-state index contributed by atoms with van der Waals surface area (Å²) in [7, 11) is 9.87. The van der Waals surface area contributed by atoms with E-state index >= 15 is 0 Å². The van der Waals surface area contributed by atoms with Crippen molar-refractivity contribution in [1.82, 2.24) is 4.98 Å².